The van der Waals surface area contributed by atoms with Crippen molar-refractivity contribution in [2.75, 3.05) is 5.32 Å². The third kappa shape index (κ3) is 2.85. The Morgan fingerprint density at radius 2 is 1.96 bits per heavy atom. The van der Waals surface area contributed by atoms with E-state index in [4.69, 9.17) is 0 Å². The molecule has 2 aromatic heterocycles. The fourth-order valence-electron chi connectivity index (χ4n) is 2.61. The van der Waals surface area contributed by atoms with Gasteiger partial charge in [-0.3, -0.25) is 14.2 Å². The molecular weight excluding hydrogens is 322 g/mol. The van der Waals surface area contributed by atoms with E-state index >= 15 is 0 Å². The molecule has 0 radical (unpaired) electrons. The van der Waals surface area contributed by atoms with Crippen LogP contribution in [0.5, 0.6) is 0 Å². The van der Waals surface area contributed by atoms with Gasteiger partial charge >= 0.3 is 0 Å². The number of nitrogens with one attached hydrogen (secondary N) is 1. The summed E-state index contributed by atoms with van der Waals surface area (Å²) in [5, 5.41) is 3.48. The van der Waals surface area contributed by atoms with E-state index in [1.54, 1.807) is 0 Å². The summed E-state index contributed by atoms with van der Waals surface area (Å²) in [6.07, 6.45) is 1.45. The first kappa shape index (κ1) is 16.4. The van der Waals surface area contributed by atoms with Crippen molar-refractivity contribution in [1.82, 2.24) is 9.55 Å². The molecule has 0 bridgehead atoms. The molecule has 0 fully saturated rings. The highest BCUT2D eigenvalue weighted by Gasteiger charge is 2.14. The van der Waals surface area contributed by atoms with Crippen LogP contribution in [-0.2, 0) is 11.3 Å². The summed E-state index contributed by atoms with van der Waals surface area (Å²) in [5.74, 6) is -0.239. The number of aryl methyl sites for hydroxylation is 3. The van der Waals surface area contributed by atoms with Gasteiger partial charge in [0.25, 0.3) is 5.56 Å². The van der Waals surface area contributed by atoms with E-state index in [2.05, 4.69) is 10.3 Å². The van der Waals surface area contributed by atoms with Gasteiger partial charge in [0.15, 0.2) is 0 Å². The fraction of sp³-hybridized carbons (Fsp3) is 0.278. The number of anilines is 1. The average Bonchev–Trinajstić information content (AvgIpc) is 2.82. The van der Waals surface area contributed by atoms with Gasteiger partial charge in [-0.25, -0.2) is 4.98 Å². The largest absolute Gasteiger partial charge is 0.324 e. The Kier molecular flexibility index (Phi) is 4.24. The van der Waals surface area contributed by atoms with Gasteiger partial charge in [-0.1, -0.05) is 12.1 Å². The summed E-state index contributed by atoms with van der Waals surface area (Å²) in [6.45, 7) is 7.79. The fourth-order valence-corrected chi connectivity index (χ4v) is 3.60. The van der Waals surface area contributed by atoms with Crippen molar-refractivity contribution in [2.45, 2.75) is 34.2 Å². The zero-order valence-corrected chi connectivity index (χ0v) is 15.0. The molecule has 1 amide bonds. The molecule has 0 saturated heterocycles. The predicted molar refractivity (Wildman–Crippen MR) is 97.9 cm³/mol. The Morgan fingerprint density at radius 1 is 1.21 bits per heavy atom. The standard InChI is InChI=1S/C18H19N3O2S/c1-10-6-5-7-14(11(10)2)20-15(22)8-21-9-19-17-16(18(21)23)12(3)13(4)24-17/h5-7,9H,8H2,1-4H3,(H,20,22). The van der Waals surface area contributed by atoms with Crippen molar-refractivity contribution in [3.63, 3.8) is 0 Å². The molecule has 0 unspecified atom stereocenters. The SMILES string of the molecule is Cc1cccc(NC(=O)Cn2cnc3sc(C)c(C)c3c2=O)c1C. The maximum atomic E-state index is 12.6. The lowest BCUT2D eigenvalue weighted by Gasteiger charge is -2.11. The van der Waals surface area contributed by atoms with Crippen LogP contribution in [0.2, 0.25) is 0 Å². The van der Waals surface area contributed by atoms with Crippen LogP contribution in [0.15, 0.2) is 29.3 Å². The maximum absolute atomic E-state index is 12.6. The second kappa shape index (κ2) is 6.20. The highest BCUT2D eigenvalue weighted by Crippen LogP contribution is 2.25. The first-order valence-corrected chi connectivity index (χ1v) is 8.51. The van der Waals surface area contributed by atoms with Gasteiger partial charge in [0.2, 0.25) is 5.91 Å². The number of rotatable bonds is 3. The van der Waals surface area contributed by atoms with Crippen LogP contribution >= 0.6 is 11.3 Å². The van der Waals surface area contributed by atoms with E-state index in [9.17, 15) is 9.59 Å². The third-order valence-electron chi connectivity index (χ3n) is 4.35. The summed E-state index contributed by atoms with van der Waals surface area (Å²) in [7, 11) is 0. The molecule has 2 heterocycles. The highest BCUT2D eigenvalue weighted by molar-refractivity contribution is 7.18. The average molecular weight is 341 g/mol. The molecule has 24 heavy (non-hydrogen) atoms. The normalized spacial score (nSPS) is 11.0. The third-order valence-corrected chi connectivity index (χ3v) is 5.46. The second-order valence-corrected chi connectivity index (χ2v) is 7.14. The Bertz CT molecular complexity index is 1000. The number of aromatic nitrogens is 2. The van der Waals surface area contributed by atoms with Gasteiger partial charge in [0.05, 0.1) is 11.7 Å². The molecule has 3 aromatic rings. The van der Waals surface area contributed by atoms with Crippen molar-refractivity contribution < 1.29 is 4.79 Å². The first-order valence-electron chi connectivity index (χ1n) is 7.69. The summed E-state index contributed by atoms with van der Waals surface area (Å²) >= 11 is 1.50. The summed E-state index contributed by atoms with van der Waals surface area (Å²) in [4.78, 5) is 31.1. The zero-order chi connectivity index (χ0) is 17.4. The topological polar surface area (TPSA) is 64.0 Å². The van der Waals surface area contributed by atoms with Gasteiger partial charge in [0.1, 0.15) is 11.4 Å². The van der Waals surface area contributed by atoms with Gasteiger partial charge in [-0.05, 0) is 50.5 Å². The maximum Gasteiger partial charge on any atom is 0.262 e. The van der Waals surface area contributed by atoms with Crippen LogP contribution in [0.3, 0.4) is 0 Å². The highest BCUT2D eigenvalue weighted by atomic mass is 32.1. The monoisotopic (exact) mass is 341 g/mol. The zero-order valence-electron chi connectivity index (χ0n) is 14.1. The predicted octanol–water partition coefficient (Wildman–Crippen LogP) is 3.33. The number of carbonyl (C=O) groups is 1. The minimum absolute atomic E-state index is 0.0521. The molecule has 0 aliphatic heterocycles. The molecule has 5 nitrogen and oxygen atoms in total. The number of thiophene rings is 1. The quantitative estimate of drug-likeness (QED) is 0.795. The van der Waals surface area contributed by atoms with Crippen LogP contribution in [0.1, 0.15) is 21.6 Å². The summed E-state index contributed by atoms with van der Waals surface area (Å²) < 4.78 is 1.36. The molecule has 0 aliphatic carbocycles. The molecular formula is C18H19N3O2S. The number of carbonyl (C=O) groups excluding carboxylic acids is 1. The van der Waals surface area contributed by atoms with E-state index in [1.165, 1.54) is 22.2 Å². The molecule has 6 heteroatoms. The number of fused-ring (bicyclic) bond motifs is 1. The Hall–Kier alpha value is -2.47. The van der Waals surface area contributed by atoms with Gasteiger partial charge in [-0.2, -0.15) is 0 Å². The van der Waals surface area contributed by atoms with Gasteiger partial charge in [0, 0.05) is 10.6 Å². The van der Waals surface area contributed by atoms with Crippen molar-refractivity contribution in [1.29, 1.82) is 0 Å². The molecule has 0 aliphatic rings. The number of hydrogen-bond donors (Lipinski definition) is 1. The lowest BCUT2D eigenvalue weighted by Crippen LogP contribution is -2.28. The molecule has 1 N–H and O–H groups in total. The van der Waals surface area contributed by atoms with E-state index in [0.29, 0.717) is 5.39 Å². The van der Waals surface area contributed by atoms with E-state index < -0.39 is 0 Å². The smallest absolute Gasteiger partial charge is 0.262 e. The Labute approximate surface area is 144 Å². The van der Waals surface area contributed by atoms with Gasteiger partial charge < -0.3 is 5.32 Å². The molecule has 0 atom stereocenters. The lowest BCUT2D eigenvalue weighted by molar-refractivity contribution is -0.116. The molecule has 0 spiro atoms. The van der Waals surface area contributed by atoms with Crippen molar-refractivity contribution >= 4 is 33.1 Å². The Morgan fingerprint density at radius 3 is 2.71 bits per heavy atom. The van der Waals surface area contributed by atoms with Crippen LogP contribution in [0, 0.1) is 27.7 Å². The number of benzene rings is 1. The van der Waals surface area contributed by atoms with Crippen LogP contribution in [-0.4, -0.2) is 15.5 Å². The second-order valence-electron chi connectivity index (χ2n) is 5.94. The lowest BCUT2D eigenvalue weighted by atomic mass is 10.1. The van der Waals surface area contributed by atoms with Gasteiger partial charge in [-0.15, -0.1) is 11.3 Å². The van der Waals surface area contributed by atoms with Crippen LogP contribution in [0.4, 0.5) is 5.69 Å². The van der Waals surface area contributed by atoms with Crippen LogP contribution < -0.4 is 10.9 Å². The summed E-state index contributed by atoms with van der Waals surface area (Å²) in [6, 6.07) is 5.75. The number of amides is 1. The molecule has 124 valence electrons. The van der Waals surface area contributed by atoms with Crippen LogP contribution in [0.25, 0.3) is 10.2 Å². The molecule has 0 saturated carbocycles. The van der Waals surface area contributed by atoms with Crippen molar-refractivity contribution in [3.8, 4) is 0 Å². The first-order chi connectivity index (χ1) is 11.4. The van der Waals surface area contributed by atoms with Crippen molar-refractivity contribution in [3.05, 3.63) is 56.4 Å². The van der Waals surface area contributed by atoms with Crippen molar-refractivity contribution in [2.24, 2.45) is 0 Å². The molecule has 3 rings (SSSR count). The number of hydrogen-bond acceptors (Lipinski definition) is 4. The van der Waals surface area contributed by atoms with E-state index in [-0.39, 0.29) is 18.0 Å². The molecule has 1 aromatic carbocycles. The summed E-state index contributed by atoms with van der Waals surface area (Å²) in [5.41, 5.74) is 3.67. The minimum atomic E-state index is -0.239. The number of nitrogens with zero attached hydrogens (tertiary/aromatic N) is 2. The van der Waals surface area contributed by atoms with E-state index in [0.717, 1.165) is 32.1 Å². The minimum Gasteiger partial charge on any atom is -0.324 e. The Balaban J connectivity index is 1.88. The van der Waals surface area contributed by atoms with E-state index in [1.807, 2.05) is 45.9 Å².